The molecule has 0 rings (SSSR count). The summed E-state index contributed by atoms with van der Waals surface area (Å²) in [5.74, 6) is 1.24. The van der Waals surface area contributed by atoms with Crippen molar-refractivity contribution in [3.63, 3.8) is 0 Å². The average molecular weight is 260 g/mol. The monoisotopic (exact) mass is 260 g/mol. The van der Waals surface area contributed by atoms with Crippen LogP contribution < -0.4 is 11.1 Å². The quantitative estimate of drug-likeness (QED) is 0.739. The normalized spacial score (nSPS) is 13.0. The van der Waals surface area contributed by atoms with Crippen molar-refractivity contribution in [1.29, 1.82) is 0 Å². The third kappa shape index (κ3) is 15.2. The van der Waals surface area contributed by atoms with E-state index in [0.717, 1.165) is 19.4 Å². The Balaban J connectivity index is 0. The molecule has 0 fully saturated rings. The lowest BCUT2D eigenvalue weighted by Crippen LogP contribution is -2.28. The Morgan fingerprint density at radius 3 is 2.06 bits per heavy atom. The van der Waals surface area contributed by atoms with E-state index in [1.54, 1.807) is 0 Å². The Bertz CT molecular complexity index is 183. The van der Waals surface area contributed by atoms with Gasteiger partial charge in [-0.3, -0.25) is 0 Å². The molecule has 0 aromatic carbocycles. The van der Waals surface area contributed by atoms with Gasteiger partial charge < -0.3 is 15.8 Å². The van der Waals surface area contributed by atoms with Crippen LogP contribution in [0, 0.1) is 11.8 Å². The molecule has 4 nitrogen and oxygen atoms in total. The average Bonchev–Trinajstić information content (AvgIpc) is 2.41. The molecule has 0 spiro atoms. The van der Waals surface area contributed by atoms with Crippen molar-refractivity contribution >= 4 is 6.09 Å². The predicted molar refractivity (Wildman–Crippen MR) is 77.6 cm³/mol. The van der Waals surface area contributed by atoms with Gasteiger partial charge in [-0.2, -0.15) is 0 Å². The van der Waals surface area contributed by atoms with Gasteiger partial charge in [-0.1, -0.05) is 47.5 Å². The van der Waals surface area contributed by atoms with E-state index in [9.17, 15) is 4.79 Å². The van der Waals surface area contributed by atoms with Gasteiger partial charge in [0.25, 0.3) is 0 Å². The van der Waals surface area contributed by atoms with Gasteiger partial charge in [0.2, 0.25) is 0 Å². The first-order valence-electron chi connectivity index (χ1n) is 7.12. The molecular formula is C14H32N2O2. The first-order valence-corrected chi connectivity index (χ1v) is 7.12. The zero-order chi connectivity index (χ0) is 14.4. The fourth-order valence-corrected chi connectivity index (χ4v) is 0.814. The maximum Gasteiger partial charge on any atom is 0.407 e. The number of nitrogens with two attached hydrogens (primary N) is 1. The van der Waals surface area contributed by atoms with E-state index in [1.807, 2.05) is 6.92 Å². The van der Waals surface area contributed by atoms with Crippen molar-refractivity contribution in [2.24, 2.45) is 17.6 Å². The zero-order valence-corrected chi connectivity index (χ0v) is 12.8. The number of rotatable bonds is 7. The lowest BCUT2D eigenvalue weighted by molar-refractivity contribution is 0.145. The minimum Gasteiger partial charge on any atom is -0.450 e. The van der Waals surface area contributed by atoms with Crippen LogP contribution in [0.3, 0.4) is 0 Å². The van der Waals surface area contributed by atoms with Gasteiger partial charge in [0.1, 0.15) is 0 Å². The summed E-state index contributed by atoms with van der Waals surface area (Å²) in [5.41, 5.74) is 5.28. The Hall–Kier alpha value is -0.770. The largest absolute Gasteiger partial charge is 0.450 e. The fourth-order valence-electron chi connectivity index (χ4n) is 0.814. The molecule has 2 unspecified atom stereocenters. The number of carbonyl (C=O) groups is 1. The van der Waals surface area contributed by atoms with Crippen LogP contribution in [-0.4, -0.2) is 25.8 Å². The van der Waals surface area contributed by atoms with Gasteiger partial charge in [-0.25, -0.2) is 4.79 Å². The highest BCUT2D eigenvalue weighted by Gasteiger charge is 2.02. The Morgan fingerprint density at radius 1 is 1.17 bits per heavy atom. The number of alkyl carbamates (subject to hydrolysis) is 1. The summed E-state index contributed by atoms with van der Waals surface area (Å²) in [5, 5.41) is 2.71. The summed E-state index contributed by atoms with van der Waals surface area (Å²) < 4.78 is 4.84. The highest BCUT2D eigenvalue weighted by atomic mass is 16.5. The Morgan fingerprint density at radius 2 is 1.72 bits per heavy atom. The predicted octanol–water partition coefficient (Wildman–Crippen LogP) is 3.16. The lowest BCUT2D eigenvalue weighted by atomic mass is 10.1. The van der Waals surface area contributed by atoms with Crippen molar-refractivity contribution in [3.8, 4) is 0 Å². The maximum atomic E-state index is 10.9. The third-order valence-corrected chi connectivity index (χ3v) is 2.83. The van der Waals surface area contributed by atoms with Gasteiger partial charge in [0.15, 0.2) is 0 Å². The third-order valence-electron chi connectivity index (χ3n) is 2.83. The molecule has 4 heteroatoms. The molecular weight excluding hydrogens is 228 g/mol. The lowest BCUT2D eigenvalue weighted by Gasteiger charge is -2.09. The summed E-state index contributed by atoms with van der Waals surface area (Å²) in [7, 11) is 0. The van der Waals surface area contributed by atoms with Gasteiger partial charge in [-0.05, 0) is 24.8 Å². The number of carbonyl (C=O) groups excluding carboxylic acids is 1. The van der Waals surface area contributed by atoms with Gasteiger partial charge in [0.05, 0.1) is 6.61 Å². The Labute approximate surface area is 113 Å². The fraction of sp³-hybridized carbons (Fsp3) is 0.929. The molecule has 2 atom stereocenters. The molecule has 0 radical (unpaired) electrons. The number of hydrogen-bond donors (Lipinski definition) is 2. The molecule has 3 N–H and O–H groups in total. The number of ether oxygens (including phenoxy) is 1. The molecule has 1 amide bonds. The molecule has 0 bridgehead atoms. The smallest absolute Gasteiger partial charge is 0.407 e. The van der Waals surface area contributed by atoms with Crippen LogP contribution in [-0.2, 0) is 4.74 Å². The highest BCUT2D eigenvalue weighted by Crippen LogP contribution is 1.97. The molecule has 0 aliphatic carbocycles. The molecule has 18 heavy (non-hydrogen) atoms. The van der Waals surface area contributed by atoms with Crippen molar-refractivity contribution in [1.82, 2.24) is 5.32 Å². The molecule has 110 valence electrons. The second-order valence-corrected chi connectivity index (χ2v) is 4.78. The van der Waals surface area contributed by atoms with Crippen LogP contribution in [0.5, 0.6) is 0 Å². The topological polar surface area (TPSA) is 64.3 Å². The number of amides is 1. The summed E-state index contributed by atoms with van der Waals surface area (Å²) in [4.78, 5) is 10.9. The van der Waals surface area contributed by atoms with Crippen LogP contribution in [0.15, 0.2) is 0 Å². The summed E-state index contributed by atoms with van der Waals surface area (Å²) in [6.07, 6.45) is 2.86. The van der Waals surface area contributed by atoms with E-state index in [4.69, 9.17) is 10.5 Å². The van der Waals surface area contributed by atoms with Crippen molar-refractivity contribution in [2.75, 3.05) is 19.7 Å². The van der Waals surface area contributed by atoms with Crippen molar-refractivity contribution < 1.29 is 9.53 Å². The second-order valence-electron chi connectivity index (χ2n) is 4.78. The van der Waals surface area contributed by atoms with Gasteiger partial charge >= 0.3 is 6.09 Å². The van der Waals surface area contributed by atoms with Crippen LogP contribution in [0.2, 0.25) is 0 Å². The SMILES string of the molecule is CCC(C)CN.CCCOC(=O)NCC(C)CC. The maximum absolute atomic E-state index is 10.9. The van der Waals surface area contributed by atoms with E-state index in [-0.39, 0.29) is 6.09 Å². The van der Waals surface area contributed by atoms with Crippen molar-refractivity contribution in [3.05, 3.63) is 0 Å². The van der Waals surface area contributed by atoms with Gasteiger partial charge in [0, 0.05) is 6.54 Å². The first-order chi connectivity index (χ1) is 8.51. The van der Waals surface area contributed by atoms with E-state index in [1.165, 1.54) is 6.42 Å². The van der Waals surface area contributed by atoms with Crippen LogP contribution >= 0.6 is 0 Å². The van der Waals surface area contributed by atoms with E-state index in [2.05, 4.69) is 33.0 Å². The van der Waals surface area contributed by atoms with E-state index >= 15 is 0 Å². The minimum atomic E-state index is -0.294. The number of nitrogens with one attached hydrogen (secondary N) is 1. The summed E-state index contributed by atoms with van der Waals surface area (Å²) >= 11 is 0. The van der Waals surface area contributed by atoms with Crippen molar-refractivity contribution in [2.45, 2.75) is 53.9 Å². The molecule has 0 aromatic rings. The molecule has 0 saturated carbocycles. The standard InChI is InChI=1S/C9H19NO2.C5H13N/c1-4-6-12-9(11)10-7-8(3)5-2;1-3-5(2)4-6/h8H,4-7H2,1-3H3,(H,10,11);5H,3-4,6H2,1-2H3. The van der Waals surface area contributed by atoms with Crippen LogP contribution in [0.1, 0.15) is 53.9 Å². The molecule has 0 aromatic heterocycles. The zero-order valence-electron chi connectivity index (χ0n) is 12.8. The van der Waals surface area contributed by atoms with E-state index in [0.29, 0.717) is 25.0 Å². The second kappa shape index (κ2) is 14.3. The molecule has 0 saturated heterocycles. The Kier molecular flexibility index (Phi) is 15.5. The first kappa shape index (κ1) is 19.6. The minimum absolute atomic E-state index is 0.294. The summed E-state index contributed by atoms with van der Waals surface area (Å²) in [6.45, 7) is 12.5. The van der Waals surface area contributed by atoms with Crippen LogP contribution in [0.25, 0.3) is 0 Å². The van der Waals surface area contributed by atoms with E-state index < -0.39 is 0 Å². The molecule has 0 heterocycles. The summed E-state index contributed by atoms with van der Waals surface area (Å²) in [6, 6.07) is 0. The van der Waals surface area contributed by atoms with Crippen LogP contribution in [0.4, 0.5) is 4.79 Å². The highest BCUT2D eigenvalue weighted by molar-refractivity contribution is 5.67. The molecule has 0 aliphatic rings. The van der Waals surface area contributed by atoms with Gasteiger partial charge in [-0.15, -0.1) is 0 Å². The number of hydrogen-bond acceptors (Lipinski definition) is 3. The molecule has 0 aliphatic heterocycles.